The number of benzene rings is 1. The third-order valence-electron chi connectivity index (χ3n) is 4.84. The van der Waals surface area contributed by atoms with Crippen LogP contribution in [-0.2, 0) is 11.2 Å². The second-order valence-electron chi connectivity index (χ2n) is 6.20. The van der Waals surface area contributed by atoms with Gasteiger partial charge in [0, 0.05) is 12.0 Å². The largest absolute Gasteiger partial charge is 0.497 e. The SMILES string of the molecule is CCNC(Cc1cccc(OC)c1)C1C(C)OC(C)C1C. The van der Waals surface area contributed by atoms with Gasteiger partial charge in [-0.1, -0.05) is 26.0 Å². The van der Waals surface area contributed by atoms with Gasteiger partial charge < -0.3 is 14.8 Å². The fourth-order valence-corrected chi connectivity index (χ4v) is 3.65. The first-order valence-electron chi connectivity index (χ1n) is 8.08. The van der Waals surface area contributed by atoms with Gasteiger partial charge in [-0.15, -0.1) is 0 Å². The molecule has 21 heavy (non-hydrogen) atoms. The first kappa shape index (κ1) is 16.3. The Balaban J connectivity index is 2.15. The van der Waals surface area contributed by atoms with E-state index >= 15 is 0 Å². The van der Waals surface area contributed by atoms with Gasteiger partial charge in [-0.2, -0.15) is 0 Å². The molecule has 1 heterocycles. The fourth-order valence-electron chi connectivity index (χ4n) is 3.65. The highest BCUT2D eigenvalue weighted by Gasteiger charge is 2.41. The van der Waals surface area contributed by atoms with Crippen molar-refractivity contribution < 1.29 is 9.47 Å². The van der Waals surface area contributed by atoms with Crippen LogP contribution in [0, 0.1) is 11.8 Å². The van der Waals surface area contributed by atoms with E-state index in [2.05, 4.69) is 51.2 Å². The summed E-state index contributed by atoms with van der Waals surface area (Å²) in [5, 5.41) is 3.67. The smallest absolute Gasteiger partial charge is 0.119 e. The summed E-state index contributed by atoms with van der Waals surface area (Å²) in [6.45, 7) is 9.87. The molecule has 1 aliphatic rings. The Kier molecular flexibility index (Phi) is 5.65. The van der Waals surface area contributed by atoms with Gasteiger partial charge in [0.2, 0.25) is 0 Å². The number of methoxy groups -OCH3 is 1. The van der Waals surface area contributed by atoms with Gasteiger partial charge >= 0.3 is 0 Å². The van der Waals surface area contributed by atoms with Crippen LogP contribution in [0.3, 0.4) is 0 Å². The van der Waals surface area contributed by atoms with Crippen LogP contribution < -0.4 is 10.1 Å². The van der Waals surface area contributed by atoms with Crippen molar-refractivity contribution in [1.29, 1.82) is 0 Å². The number of nitrogens with one attached hydrogen (secondary N) is 1. The Bertz CT molecular complexity index is 449. The Hall–Kier alpha value is -1.06. The van der Waals surface area contributed by atoms with E-state index in [-0.39, 0.29) is 0 Å². The minimum absolute atomic E-state index is 0.310. The average Bonchev–Trinajstić information content (AvgIpc) is 2.72. The molecule has 1 saturated heterocycles. The number of ether oxygens (including phenoxy) is 2. The third kappa shape index (κ3) is 3.78. The summed E-state index contributed by atoms with van der Waals surface area (Å²) in [6, 6.07) is 8.83. The molecule has 1 N–H and O–H groups in total. The molecule has 0 aromatic heterocycles. The fraction of sp³-hybridized carbons (Fsp3) is 0.667. The molecule has 0 radical (unpaired) electrons. The van der Waals surface area contributed by atoms with E-state index in [1.807, 2.05) is 6.07 Å². The topological polar surface area (TPSA) is 30.5 Å². The molecule has 3 heteroatoms. The lowest BCUT2D eigenvalue weighted by Gasteiger charge is -2.30. The summed E-state index contributed by atoms with van der Waals surface area (Å²) in [7, 11) is 1.72. The van der Waals surface area contributed by atoms with E-state index in [0.717, 1.165) is 18.7 Å². The molecule has 1 fully saturated rings. The molecule has 118 valence electrons. The van der Waals surface area contributed by atoms with Crippen LogP contribution in [0.5, 0.6) is 5.75 Å². The van der Waals surface area contributed by atoms with E-state index in [1.165, 1.54) is 5.56 Å². The van der Waals surface area contributed by atoms with Gasteiger partial charge in [0.1, 0.15) is 5.75 Å². The number of hydrogen-bond acceptors (Lipinski definition) is 3. The maximum Gasteiger partial charge on any atom is 0.119 e. The van der Waals surface area contributed by atoms with Crippen molar-refractivity contribution in [2.24, 2.45) is 11.8 Å². The zero-order valence-corrected chi connectivity index (χ0v) is 13.9. The Morgan fingerprint density at radius 1 is 1.24 bits per heavy atom. The molecule has 0 saturated carbocycles. The van der Waals surface area contributed by atoms with E-state index in [1.54, 1.807) is 7.11 Å². The summed E-state index contributed by atoms with van der Waals surface area (Å²) < 4.78 is 11.4. The van der Waals surface area contributed by atoms with Gasteiger partial charge in [-0.05, 0) is 50.4 Å². The number of likely N-dealkylation sites (N-methyl/N-ethyl adjacent to an activating group) is 1. The van der Waals surface area contributed by atoms with Crippen molar-refractivity contribution in [3.05, 3.63) is 29.8 Å². The summed E-state index contributed by atoms with van der Waals surface area (Å²) in [5.74, 6) is 2.06. The Labute approximate surface area is 129 Å². The lowest BCUT2D eigenvalue weighted by Crippen LogP contribution is -2.43. The highest BCUT2D eigenvalue weighted by atomic mass is 16.5. The van der Waals surface area contributed by atoms with Gasteiger partial charge in [0.25, 0.3) is 0 Å². The molecule has 0 amide bonds. The van der Waals surface area contributed by atoms with Crippen molar-refractivity contribution in [2.75, 3.05) is 13.7 Å². The molecular weight excluding hydrogens is 262 g/mol. The molecule has 1 aromatic rings. The van der Waals surface area contributed by atoms with Crippen molar-refractivity contribution in [2.45, 2.75) is 52.4 Å². The molecule has 0 aliphatic carbocycles. The van der Waals surface area contributed by atoms with E-state index < -0.39 is 0 Å². The van der Waals surface area contributed by atoms with E-state index in [4.69, 9.17) is 9.47 Å². The summed E-state index contributed by atoms with van der Waals surface area (Å²) in [6.07, 6.45) is 1.67. The Morgan fingerprint density at radius 3 is 2.57 bits per heavy atom. The van der Waals surface area contributed by atoms with Crippen molar-refractivity contribution in [3.8, 4) is 5.75 Å². The molecular formula is C18H29NO2. The maximum absolute atomic E-state index is 6.03. The van der Waals surface area contributed by atoms with Gasteiger partial charge in [0.15, 0.2) is 0 Å². The van der Waals surface area contributed by atoms with Crippen LogP contribution in [0.15, 0.2) is 24.3 Å². The third-order valence-corrected chi connectivity index (χ3v) is 4.84. The number of rotatable bonds is 6. The van der Waals surface area contributed by atoms with Crippen LogP contribution in [0.25, 0.3) is 0 Å². The monoisotopic (exact) mass is 291 g/mol. The molecule has 3 nitrogen and oxygen atoms in total. The van der Waals surface area contributed by atoms with Crippen LogP contribution >= 0.6 is 0 Å². The molecule has 5 atom stereocenters. The molecule has 2 rings (SSSR count). The van der Waals surface area contributed by atoms with Crippen LogP contribution in [0.4, 0.5) is 0 Å². The maximum atomic E-state index is 6.03. The van der Waals surface area contributed by atoms with Crippen LogP contribution in [0.1, 0.15) is 33.3 Å². The Morgan fingerprint density at radius 2 is 2.00 bits per heavy atom. The molecule has 0 bridgehead atoms. The first-order chi connectivity index (χ1) is 10.1. The molecule has 1 aromatic carbocycles. The first-order valence-corrected chi connectivity index (χ1v) is 8.08. The summed E-state index contributed by atoms with van der Waals surface area (Å²) >= 11 is 0. The quantitative estimate of drug-likeness (QED) is 0.872. The second kappa shape index (κ2) is 7.28. The minimum Gasteiger partial charge on any atom is -0.497 e. The van der Waals surface area contributed by atoms with Crippen LogP contribution in [-0.4, -0.2) is 31.9 Å². The zero-order valence-electron chi connectivity index (χ0n) is 13.9. The lowest BCUT2D eigenvalue weighted by atomic mass is 9.81. The standard InChI is InChI=1S/C18H29NO2/c1-6-19-17(18-12(2)13(3)21-14(18)4)11-15-8-7-9-16(10-15)20-5/h7-10,12-14,17-19H,6,11H2,1-5H3. The molecule has 1 aliphatic heterocycles. The van der Waals surface area contributed by atoms with E-state index in [9.17, 15) is 0 Å². The number of hydrogen-bond donors (Lipinski definition) is 1. The lowest BCUT2D eigenvalue weighted by molar-refractivity contribution is 0.0476. The predicted octanol–water partition coefficient (Wildman–Crippen LogP) is 3.28. The zero-order chi connectivity index (χ0) is 15.4. The van der Waals surface area contributed by atoms with Crippen LogP contribution in [0.2, 0.25) is 0 Å². The van der Waals surface area contributed by atoms with Gasteiger partial charge in [0.05, 0.1) is 19.3 Å². The summed E-state index contributed by atoms with van der Waals surface area (Å²) in [5.41, 5.74) is 1.32. The second-order valence-corrected chi connectivity index (χ2v) is 6.20. The molecule has 5 unspecified atom stereocenters. The van der Waals surface area contributed by atoms with Gasteiger partial charge in [-0.25, -0.2) is 0 Å². The highest BCUT2D eigenvalue weighted by molar-refractivity contribution is 5.29. The van der Waals surface area contributed by atoms with Gasteiger partial charge in [-0.3, -0.25) is 0 Å². The molecule has 0 spiro atoms. The predicted molar refractivity (Wildman–Crippen MR) is 86.8 cm³/mol. The van der Waals surface area contributed by atoms with E-state index in [0.29, 0.717) is 30.1 Å². The summed E-state index contributed by atoms with van der Waals surface area (Å²) in [4.78, 5) is 0. The average molecular weight is 291 g/mol. The minimum atomic E-state index is 0.310. The highest BCUT2D eigenvalue weighted by Crippen LogP contribution is 2.35. The normalized spacial score (nSPS) is 30.3. The van der Waals surface area contributed by atoms with Crippen molar-refractivity contribution in [1.82, 2.24) is 5.32 Å². The van der Waals surface area contributed by atoms with Crippen molar-refractivity contribution in [3.63, 3.8) is 0 Å². The van der Waals surface area contributed by atoms with Crippen molar-refractivity contribution >= 4 is 0 Å².